The highest BCUT2D eigenvalue weighted by atomic mass is 14.8. The highest BCUT2D eigenvalue weighted by Gasteiger charge is 2.32. The predicted octanol–water partition coefficient (Wildman–Crippen LogP) is 3.34. The smallest absolute Gasteiger partial charge is 0.0412 e. The van der Waals surface area contributed by atoms with Gasteiger partial charge in [-0.25, -0.2) is 0 Å². The van der Waals surface area contributed by atoms with E-state index in [-0.39, 0.29) is 5.54 Å². The van der Waals surface area contributed by atoms with Gasteiger partial charge in [-0.3, -0.25) is 0 Å². The maximum absolute atomic E-state index is 6.52. The molecule has 1 aliphatic carbocycles. The fraction of sp³-hybridized carbons (Fsp3) is 0.571. The van der Waals surface area contributed by atoms with Gasteiger partial charge >= 0.3 is 0 Å². The summed E-state index contributed by atoms with van der Waals surface area (Å²) in [6.45, 7) is 6.55. The normalized spacial score (nSPS) is 19.5. The standard InChI is InChI=1S/C14H21N/c1-10-8-11(2)12(3)13(9-10)14(15)6-4-5-7-14/h8-9H,4-7,15H2,1-3H3. The lowest BCUT2D eigenvalue weighted by molar-refractivity contribution is 0.458. The zero-order valence-corrected chi connectivity index (χ0v) is 10.1. The van der Waals surface area contributed by atoms with Crippen LogP contribution in [0.4, 0.5) is 0 Å². The van der Waals surface area contributed by atoms with Gasteiger partial charge in [-0.1, -0.05) is 30.5 Å². The quantitative estimate of drug-likeness (QED) is 0.744. The molecule has 0 atom stereocenters. The molecule has 0 amide bonds. The van der Waals surface area contributed by atoms with E-state index < -0.39 is 0 Å². The van der Waals surface area contributed by atoms with E-state index in [9.17, 15) is 0 Å². The second kappa shape index (κ2) is 3.64. The minimum absolute atomic E-state index is 0.0408. The van der Waals surface area contributed by atoms with Crippen molar-refractivity contribution in [2.75, 3.05) is 0 Å². The van der Waals surface area contributed by atoms with Crippen LogP contribution in [0.1, 0.15) is 47.9 Å². The molecule has 0 saturated heterocycles. The zero-order chi connectivity index (χ0) is 11.1. The van der Waals surface area contributed by atoms with Crippen molar-refractivity contribution < 1.29 is 0 Å². The molecule has 2 rings (SSSR count). The third kappa shape index (κ3) is 1.81. The first-order valence-electron chi connectivity index (χ1n) is 5.90. The van der Waals surface area contributed by atoms with Crippen molar-refractivity contribution in [2.45, 2.75) is 52.0 Å². The van der Waals surface area contributed by atoms with Crippen molar-refractivity contribution in [3.8, 4) is 0 Å². The second-order valence-corrected chi connectivity index (χ2v) is 5.12. The second-order valence-electron chi connectivity index (χ2n) is 5.12. The molecule has 0 unspecified atom stereocenters. The molecule has 1 fully saturated rings. The number of benzene rings is 1. The van der Waals surface area contributed by atoms with E-state index in [1.54, 1.807) is 0 Å². The molecule has 1 saturated carbocycles. The van der Waals surface area contributed by atoms with Gasteiger partial charge in [0.2, 0.25) is 0 Å². The van der Waals surface area contributed by atoms with Gasteiger partial charge in [0, 0.05) is 5.54 Å². The van der Waals surface area contributed by atoms with Crippen LogP contribution in [-0.2, 0) is 5.54 Å². The maximum Gasteiger partial charge on any atom is 0.0412 e. The van der Waals surface area contributed by atoms with Gasteiger partial charge in [0.1, 0.15) is 0 Å². The average Bonchev–Trinajstić information content (AvgIpc) is 2.59. The summed E-state index contributed by atoms with van der Waals surface area (Å²) in [6, 6.07) is 4.53. The third-order valence-electron chi connectivity index (χ3n) is 3.84. The molecule has 1 aromatic rings. The Balaban J connectivity index is 2.51. The Morgan fingerprint density at radius 2 is 1.67 bits per heavy atom. The average molecular weight is 203 g/mol. The van der Waals surface area contributed by atoms with Crippen LogP contribution in [-0.4, -0.2) is 0 Å². The summed E-state index contributed by atoms with van der Waals surface area (Å²) >= 11 is 0. The molecule has 0 bridgehead atoms. The molecule has 0 aromatic heterocycles. The summed E-state index contributed by atoms with van der Waals surface area (Å²) in [5.41, 5.74) is 12.0. The van der Waals surface area contributed by atoms with Crippen molar-refractivity contribution in [3.63, 3.8) is 0 Å². The van der Waals surface area contributed by atoms with E-state index in [2.05, 4.69) is 32.9 Å². The molecule has 1 aromatic carbocycles. The summed E-state index contributed by atoms with van der Waals surface area (Å²) in [7, 11) is 0. The van der Waals surface area contributed by atoms with Gasteiger partial charge in [-0.15, -0.1) is 0 Å². The Morgan fingerprint density at radius 1 is 1.07 bits per heavy atom. The maximum atomic E-state index is 6.52. The molecule has 1 aliphatic rings. The van der Waals surface area contributed by atoms with Crippen molar-refractivity contribution in [3.05, 3.63) is 34.4 Å². The number of nitrogens with two attached hydrogens (primary N) is 1. The highest BCUT2D eigenvalue weighted by Crippen LogP contribution is 2.38. The van der Waals surface area contributed by atoms with Crippen LogP contribution in [0.5, 0.6) is 0 Å². The largest absolute Gasteiger partial charge is 0.321 e. The van der Waals surface area contributed by atoms with Crippen LogP contribution in [0.2, 0.25) is 0 Å². The zero-order valence-electron chi connectivity index (χ0n) is 10.1. The third-order valence-corrected chi connectivity index (χ3v) is 3.84. The van der Waals surface area contributed by atoms with E-state index in [4.69, 9.17) is 5.73 Å². The minimum atomic E-state index is -0.0408. The lowest BCUT2D eigenvalue weighted by Crippen LogP contribution is -2.34. The fourth-order valence-corrected chi connectivity index (χ4v) is 2.83. The molecular weight excluding hydrogens is 182 g/mol. The topological polar surface area (TPSA) is 26.0 Å². The Labute approximate surface area is 92.7 Å². The Hall–Kier alpha value is -0.820. The Kier molecular flexibility index (Phi) is 2.59. The molecule has 2 N–H and O–H groups in total. The van der Waals surface area contributed by atoms with Crippen LogP contribution in [0.25, 0.3) is 0 Å². The molecule has 0 heterocycles. The van der Waals surface area contributed by atoms with E-state index in [0.717, 1.165) is 12.8 Å². The van der Waals surface area contributed by atoms with Gasteiger partial charge in [-0.2, -0.15) is 0 Å². The first-order valence-corrected chi connectivity index (χ1v) is 5.90. The number of aryl methyl sites for hydroxylation is 2. The lowest BCUT2D eigenvalue weighted by atomic mass is 9.84. The first kappa shape index (κ1) is 10.7. The van der Waals surface area contributed by atoms with Gasteiger partial charge in [0.25, 0.3) is 0 Å². The van der Waals surface area contributed by atoms with Crippen LogP contribution in [0.3, 0.4) is 0 Å². The van der Waals surface area contributed by atoms with E-state index in [1.165, 1.54) is 35.1 Å². The summed E-state index contributed by atoms with van der Waals surface area (Å²) < 4.78 is 0. The summed E-state index contributed by atoms with van der Waals surface area (Å²) in [5, 5.41) is 0. The first-order chi connectivity index (χ1) is 7.03. The van der Waals surface area contributed by atoms with Gasteiger partial charge < -0.3 is 5.73 Å². The monoisotopic (exact) mass is 203 g/mol. The Bertz CT molecular complexity index is 373. The van der Waals surface area contributed by atoms with Crippen LogP contribution in [0, 0.1) is 20.8 Å². The SMILES string of the molecule is Cc1cc(C)c(C)c(C2(N)CCCC2)c1. The van der Waals surface area contributed by atoms with Gasteiger partial charge in [0.05, 0.1) is 0 Å². The molecule has 0 aliphatic heterocycles. The number of hydrogen-bond donors (Lipinski definition) is 1. The van der Waals surface area contributed by atoms with Crippen LogP contribution >= 0.6 is 0 Å². The van der Waals surface area contributed by atoms with Gasteiger partial charge in [-0.05, 0) is 50.3 Å². The van der Waals surface area contributed by atoms with Crippen LogP contribution < -0.4 is 5.73 Å². The molecular formula is C14H21N. The lowest BCUT2D eigenvalue weighted by Gasteiger charge is -2.27. The fourth-order valence-electron chi connectivity index (χ4n) is 2.83. The van der Waals surface area contributed by atoms with Gasteiger partial charge in [0.15, 0.2) is 0 Å². The molecule has 1 nitrogen and oxygen atoms in total. The molecule has 0 radical (unpaired) electrons. The van der Waals surface area contributed by atoms with E-state index in [0.29, 0.717) is 0 Å². The molecule has 0 spiro atoms. The van der Waals surface area contributed by atoms with E-state index in [1.807, 2.05) is 0 Å². The summed E-state index contributed by atoms with van der Waals surface area (Å²) in [4.78, 5) is 0. The molecule has 82 valence electrons. The van der Waals surface area contributed by atoms with Crippen molar-refractivity contribution >= 4 is 0 Å². The van der Waals surface area contributed by atoms with Crippen molar-refractivity contribution in [1.29, 1.82) is 0 Å². The van der Waals surface area contributed by atoms with E-state index >= 15 is 0 Å². The minimum Gasteiger partial charge on any atom is -0.321 e. The Morgan fingerprint density at radius 3 is 2.27 bits per heavy atom. The highest BCUT2D eigenvalue weighted by molar-refractivity contribution is 5.41. The number of hydrogen-bond acceptors (Lipinski definition) is 1. The number of rotatable bonds is 1. The van der Waals surface area contributed by atoms with Crippen molar-refractivity contribution in [2.24, 2.45) is 5.73 Å². The summed E-state index contributed by atoms with van der Waals surface area (Å²) in [6.07, 6.45) is 4.86. The molecule has 1 heteroatoms. The predicted molar refractivity (Wildman–Crippen MR) is 65.0 cm³/mol. The van der Waals surface area contributed by atoms with Crippen LogP contribution in [0.15, 0.2) is 12.1 Å². The summed E-state index contributed by atoms with van der Waals surface area (Å²) in [5.74, 6) is 0. The molecule has 15 heavy (non-hydrogen) atoms. The van der Waals surface area contributed by atoms with Crippen molar-refractivity contribution in [1.82, 2.24) is 0 Å².